The predicted octanol–water partition coefficient (Wildman–Crippen LogP) is 2.54. The molecule has 1 unspecified atom stereocenters. The van der Waals surface area contributed by atoms with E-state index in [1.54, 1.807) is 11.4 Å². The Kier molecular flexibility index (Phi) is 3.71. The SMILES string of the molecule is O=C(O)c1csc(CNCC2Cc3ccccc3O2)c1. The molecule has 0 saturated carbocycles. The molecule has 1 aromatic carbocycles. The van der Waals surface area contributed by atoms with Gasteiger partial charge in [-0.2, -0.15) is 0 Å². The molecule has 0 bridgehead atoms. The molecule has 3 rings (SSSR count). The summed E-state index contributed by atoms with van der Waals surface area (Å²) in [5, 5.41) is 13.9. The summed E-state index contributed by atoms with van der Waals surface area (Å²) in [6.45, 7) is 1.43. The van der Waals surface area contributed by atoms with Crippen molar-refractivity contribution in [3.8, 4) is 5.75 Å². The first kappa shape index (κ1) is 13.1. The second-order valence-electron chi connectivity index (χ2n) is 4.79. The lowest BCUT2D eigenvalue weighted by atomic mass is 10.1. The molecule has 0 saturated heterocycles. The monoisotopic (exact) mass is 289 g/mol. The quantitative estimate of drug-likeness (QED) is 0.888. The molecule has 20 heavy (non-hydrogen) atoms. The van der Waals surface area contributed by atoms with Gasteiger partial charge in [-0.15, -0.1) is 11.3 Å². The largest absolute Gasteiger partial charge is 0.488 e. The molecule has 0 fully saturated rings. The molecule has 1 aromatic heterocycles. The predicted molar refractivity (Wildman–Crippen MR) is 77.5 cm³/mol. The average molecular weight is 289 g/mol. The lowest BCUT2D eigenvalue weighted by Gasteiger charge is -2.11. The van der Waals surface area contributed by atoms with Gasteiger partial charge in [0.05, 0.1) is 5.56 Å². The summed E-state index contributed by atoms with van der Waals surface area (Å²) in [4.78, 5) is 11.8. The molecule has 2 N–H and O–H groups in total. The van der Waals surface area contributed by atoms with Crippen LogP contribution in [0.1, 0.15) is 20.8 Å². The van der Waals surface area contributed by atoms with Crippen molar-refractivity contribution in [2.24, 2.45) is 0 Å². The van der Waals surface area contributed by atoms with Gasteiger partial charge in [-0.25, -0.2) is 4.79 Å². The molecule has 1 aliphatic heterocycles. The van der Waals surface area contributed by atoms with Crippen molar-refractivity contribution < 1.29 is 14.6 Å². The van der Waals surface area contributed by atoms with E-state index < -0.39 is 5.97 Å². The summed E-state index contributed by atoms with van der Waals surface area (Å²) in [5.41, 5.74) is 1.61. The molecular formula is C15H15NO3S. The number of para-hydroxylation sites is 1. The number of aromatic carboxylic acids is 1. The van der Waals surface area contributed by atoms with Crippen LogP contribution in [0.15, 0.2) is 35.7 Å². The highest BCUT2D eigenvalue weighted by Crippen LogP contribution is 2.27. The van der Waals surface area contributed by atoms with Crippen LogP contribution in [0, 0.1) is 0 Å². The molecule has 0 amide bonds. The number of ether oxygens (including phenoxy) is 1. The van der Waals surface area contributed by atoms with Crippen molar-refractivity contribution in [1.82, 2.24) is 5.32 Å². The number of carbonyl (C=O) groups is 1. The molecule has 2 heterocycles. The lowest BCUT2D eigenvalue weighted by molar-refractivity contribution is 0.0697. The standard InChI is InChI=1S/C15H15NO3S/c17-15(18)11-6-13(20-9-11)8-16-7-12-5-10-3-1-2-4-14(10)19-12/h1-4,6,9,12,16H,5,7-8H2,(H,17,18). The van der Waals surface area contributed by atoms with Crippen molar-refractivity contribution in [1.29, 1.82) is 0 Å². The molecule has 104 valence electrons. The first-order valence-corrected chi connectivity index (χ1v) is 7.36. The second kappa shape index (κ2) is 5.64. The van der Waals surface area contributed by atoms with E-state index in [1.807, 2.05) is 18.2 Å². The maximum Gasteiger partial charge on any atom is 0.336 e. The first-order chi connectivity index (χ1) is 9.72. The minimum atomic E-state index is -0.873. The molecule has 0 spiro atoms. The highest BCUT2D eigenvalue weighted by Gasteiger charge is 2.21. The maximum absolute atomic E-state index is 10.8. The van der Waals surface area contributed by atoms with Gasteiger partial charge in [0, 0.05) is 29.8 Å². The topological polar surface area (TPSA) is 58.6 Å². The van der Waals surface area contributed by atoms with Crippen LogP contribution in [0.3, 0.4) is 0 Å². The maximum atomic E-state index is 10.8. The van der Waals surface area contributed by atoms with Gasteiger partial charge in [-0.3, -0.25) is 0 Å². The van der Waals surface area contributed by atoms with Crippen LogP contribution in [0.25, 0.3) is 0 Å². The van der Waals surface area contributed by atoms with Crippen LogP contribution in [-0.2, 0) is 13.0 Å². The average Bonchev–Trinajstić information content (AvgIpc) is 3.04. The molecule has 1 atom stereocenters. The number of carboxylic acid groups (broad SMARTS) is 1. The summed E-state index contributed by atoms with van der Waals surface area (Å²) >= 11 is 1.46. The molecule has 0 aliphatic carbocycles. The number of fused-ring (bicyclic) bond motifs is 1. The first-order valence-electron chi connectivity index (χ1n) is 6.48. The van der Waals surface area contributed by atoms with E-state index in [4.69, 9.17) is 9.84 Å². The lowest BCUT2D eigenvalue weighted by Crippen LogP contribution is -2.29. The van der Waals surface area contributed by atoms with Crippen molar-refractivity contribution in [2.75, 3.05) is 6.54 Å². The Hall–Kier alpha value is -1.85. The summed E-state index contributed by atoms with van der Waals surface area (Å²) in [7, 11) is 0. The Morgan fingerprint density at radius 1 is 1.45 bits per heavy atom. The van der Waals surface area contributed by atoms with Crippen LogP contribution in [0.5, 0.6) is 5.75 Å². The third-order valence-electron chi connectivity index (χ3n) is 3.29. The van der Waals surface area contributed by atoms with Crippen LogP contribution < -0.4 is 10.1 Å². The van der Waals surface area contributed by atoms with Gasteiger partial charge in [0.15, 0.2) is 0 Å². The number of hydrogen-bond acceptors (Lipinski definition) is 4. The zero-order valence-electron chi connectivity index (χ0n) is 10.8. The van der Waals surface area contributed by atoms with Gasteiger partial charge in [0.2, 0.25) is 0 Å². The van der Waals surface area contributed by atoms with Crippen LogP contribution in [-0.4, -0.2) is 23.7 Å². The molecule has 2 aromatic rings. The Morgan fingerprint density at radius 2 is 2.30 bits per heavy atom. The molecule has 4 nitrogen and oxygen atoms in total. The number of benzene rings is 1. The van der Waals surface area contributed by atoms with Gasteiger partial charge in [0.25, 0.3) is 0 Å². The van der Waals surface area contributed by atoms with E-state index >= 15 is 0 Å². The minimum Gasteiger partial charge on any atom is -0.488 e. The summed E-state index contributed by atoms with van der Waals surface area (Å²) in [6, 6.07) is 9.80. The van der Waals surface area contributed by atoms with Crippen LogP contribution in [0.2, 0.25) is 0 Å². The molecular weight excluding hydrogens is 274 g/mol. The molecule has 1 aliphatic rings. The molecule has 0 radical (unpaired) electrons. The van der Waals surface area contributed by atoms with E-state index in [0.29, 0.717) is 12.1 Å². The summed E-state index contributed by atoms with van der Waals surface area (Å²) < 4.78 is 5.84. The third kappa shape index (κ3) is 2.84. The van der Waals surface area contributed by atoms with Gasteiger partial charge in [0.1, 0.15) is 11.9 Å². The van der Waals surface area contributed by atoms with E-state index in [-0.39, 0.29) is 6.10 Å². The van der Waals surface area contributed by atoms with E-state index in [0.717, 1.165) is 23.6 Å². The minimum absolute atomic E-state index is 0.159. The van der Waals surface area contributed by atoms with Crippen molar-refractivity contribution in [2.45, 2.75) is 19.1 Å². The number of thiophene rings is 1. The zero-order chi connectivity index (χ0) is 13.9. The number of carboxylic acids is 1. The van der Waals surface area contributed by atoms with Crippen LogP contribution in [0.4, 0.5) is 0 Å². The van der Waals surface area contributed by atoms with Gasteiger partial charge < -0.3 is 15.2 Å². The summed E-state index contributed by atoms with van der Waals surface area (Å²) in [6.07, 6.45) is 1.08. The fourth-order valence-corrected chi connectivity index (χ4v) is 3.14. The smallest absolute Gasteiger partial charge is 0.336 e. The van der Waals surface area contributed by atoms with E-state index in [1.165, 1.54) is 16.9 Å². The van der Waals surface area contributed by atoms with Crippen molar-refractivity contribution in [3.05, 3.63) is 51.7 Å². The van der Waals surface area contributed by atoms with E-state index in [2.05, 4.69) is 11.4 Å². The second-order valence-corrected chi connectivity index (χ2v) is 5.79. The van der Waals surface area contributed by atoms with Gasteiger partial charge in [-0.05, 0) is 17.7 Å². The zero-order valence-corrected chi connectivity index (χ0v) is 11.7. The number of hydrogen-bond donors (Lipinski definition) is 2. The Morgan fingerprint density at radius 3 is 3.05 bits per heavy atom. The van der Waals surface area contributed by atoms with Crippen molar-refractivity contribution >= 4 is 17.3 Å². The van der Waals surface area contributed by atoms with Gasteiger partial charge >= 0.3 is 5.97 Å². The fourth-order valence-electron chi connectivity index (χ4n) is 2.31. The Balaban J connectivity index is 1.48. The summed E-state index contributed by atoms with van der Waals surface area (Å²) in [5.74, 6) is 0.102. The van der Waals surface area contributed by atoms with E-state index in [9.17, 15) is 4.79 Å². The molecule has 5 heteroatoms. The van der Waals surface area contributed by atoms with Crippen molar-refractivity contribution in [3.63, 3.8) is 0 Å². The Bertz CT molecular complexity index is 598. The Labute approximate surface area is 121 Å². The highest BCUT2D eigenvalue weighted by molar-refractivity contribution is 7.10. The van der Waals surface area contributed by atoms with Crippen LogP contribution >= 0.6 is 11.3 Å². The number of nitrogens with one attached hydrogen (secondary N) is 1. The number of rotatable bonds is 5. The third-order valence-corrected chi connectivity index (χ3v) is 4.22. The normalized spacial score (nSPS) is 16.7. The highest BCUT2D eigenvalue weighted by atomic mass is 32.1. The van der Waals surface area contributed by atoms with Gasteiger partial charge in [-0.1, -0.05) is 18.2 Å². The fraction of sp³-hybridized carbons (Fsp3) is 0.267.